The third-order valence-corrected chi connectivity index (χ3v) is 6.26. The predicted octanol–water partition coefficient (Wildman–Crippen LogP) is 5.53. The fraction of sp³-hybridized carbons (Fsp3) is 0.296. The largest absolute Gasteiger partial charge is 0.508 e. The summed E-state index contributed by atoms with van der Waals surface area (Å²) in [6, 6.07) is 21.1. The van der Waals surface area contributed by atoms with Crippen LogP contribution in [0.15, 0.2) is 72.8 Å². The molecule has 0 spiro atoms. The van der Waals surface area contributed by atoms with Gasteiger partial charge in [0.1, 0.15) is 11.6 Å². The van der Waals surface area contributed by atoms with Gasteiger partial charge in [-0.2, -0.15) is 0 Å². The molecular weight excluding hydrogens is 405 g/mol. The van der Waals surface area contributed by atoms with Crippen molar-refractivity contribution in [2.45, 2.75) is 44.8 Å². The molecule has 5 heteroatoms. The molecule has 4 nitrogen and oxygen atoms in total. The van der Waals surface area contributed by atoms with Crippen LogP contribution in [0, 0.1) is 11.7 Å². The first-order chi connectivity index (χ1) is 15.6. The monoisotopic (exact) mass is 433 g/mol. The van der Waals surface area contributed by atoms with Gasteiger partial charge in [0.25, 0.3) is 0 Å². The predicted molar refractivity (Wildman–Crippen MR) is 123 cm³/mol. The summed E-state index contributed by atoms with van der Waals surface area (Å²) in [5, 5.41) is 20.1. The molecule has 4 rings (SSSR count). The van der Waals surface area contributed by atoms with Gasteiger partial charge in [-0.15, -0.1) is 0 Å². The zero-order valence-corrected chi connectivity index (χ0v) is 18.0. The lowest BCUT2D eigenvalue weighted by Gasteiger charge is -2.29. The highest BCUT2D eigenvalue weighted by Crippen LogP contribution is 2.46. The Kier molecular flexibility index (Phi) is 6.86. The van der Waals surface area contributed by atoms with Gasteiger partial charge >= 0.3 is 0 Å². The van der Waals surface area contributed by atoms with Crippen LogP contribution < -0.4 is 4.90 Å². The molecule has 0 unspecified atom stereocenters. The second-order valence-corrected chi connectivity index (χ2v) is 8.43. The number of carbonyl (C=O) groups is 1. The Hall–Kier alpha value is -3.18. The van der Waals surface area contributed by atoms with Crippen LogP contribution in [-0.2, 0) is 17.8 Å². The normalized spacial score (nSPS) is 18.3. The van der Waals surface area contributed by atoms with Gasteiger partial charge in [-0.05, 0) is 66.6 Å². The van der Waals surface area contributed by atoms with Gasteiger partial charge in [-0.3, -0.25) is 4.79 Å². The van der Waals surface area contributed by atoms with Crippen LogP contribution in [0.3, 0.4) is 0 Å². The number of phenolic OH excluding ortho intramolecular Hbond substituents is 1. The fourth-order valence-corrected chi connectivity index (χ4v) is 4.67. The maximum Gasteiger partial charge on any atom is 0.227 e. The third-order valence-electron chi connectivity index (χ3n) is 6.26. The van der Waals surface area contributed by atoms with E-state index in [1.165, 1.54) is 12.1 Å². The maximum atomic E-state index is 13.1. The van der Waals surface area contributed by atoms with Gasteiger partial charge in [-0.1, -0.05) is 48.9 Å². The molecule has 166 valence electrons. The molecule has 1 aliphatic rings. The molecular formula is C27H28FNO3. The number of halogens is 1. The van der Waals surface area contributed by atoms with Gasteiger partial charge in [0, 0.05) is 17.7 Å². The van der Waals surface area contributed by atoms with Crippen molar-refractivity contribution >= 4 is 11.6 Å². The Morgan fingerprint density at radius 2 is 1.66 bits per heavy atom. The average Bonchev–Trinajstić information content (AvgIpc) is 3.14. The number of aromatic hydroxyl groups is 1. The Balaban J connectivity index is 1.53. The second-order valence-electron chi connectivity index (χ2n) is 8.43. The number of hydrogen-bond acceptors (Lipinski definition) is 3. The van der Waals surface area contributed by atoms with Crippen LogP contribution in [0.5, 0.6) is 5.75 Å². The number of phenols is 1. The highest BCUT2D eigenvalue weighted by Gasteiger charge is 2.42. The van der Waals surface area contributed by atoms with Crippen molar-refractivity contribution in [3.05, 3.63) is 95.3 Å². The van der Waals surface area contributed by atoms with E-state index >= 15 is 0 Å². The quantitative estimate of drug-likeness (QED) is 0.459. The van der Waals surface area contributed by atoms with Crippen molar-refractivity contribution in [2.24, 2.45) is 5.92 Å². The molecule has 2 atom stereocenters. The SMILES string of the molecule is O=C1C[C@H](CCCCc2ccc(F)cc2)[C@@H](c2ccc(CO)cc2O)N1c1ccccc1. The van der Waals surface area contributed by atoms with Crippen LogP contribution in [-0.4, -0.2) is 16.1 Å². The number of nitrogens with zero attached hydrogens (tertiary/aromatic N) is 1. The number of aliphatic hydroxyl groups excluding tert-OH is 1. The van der Waals surface area contributed by atoms with Crippen molar-refractivity contribution in [1.29, 1.82) is 0 Å². The van der Waals surface area contributed by atoms with Crippen LogP contribution in [0.2, 0.25) is 0 Å². The van der Waals surface area contributed by atoms with Crippen molar-refractivity contribution in [3.8, 4) is 5.75 Å². The topological polar surface area (TPSA) is 60.8 Å². The van der Waals surface area contributed by atoms with E-state index in [1.807, 2.05) is 48.5 Å². The lowest BCUT2D eigenvalue weighted by Crippen LogP contribution is -2.28. The van der Waals surface area contributed by atoms with Gasteiger partial charge in [-0.25, -0.2) is 4.39 Å². The molecule has 32 heavy (non-hydrogen) atoms. The minimum Gasteiger partial charge on any atom is -0.508 e. The van der Waals surface area contributed by atoms with E-state index in [1.54, 1.807) is 17.0 Å². The number of hydrogen-bond donors (Lipinski definition) is 2. The summed E-state index contributed by atoms with van der Waals surface area (Å²) in [6.07, 6.45) is 4.03. The number of aliphatic hydroxyl groups is 1. The molecule has 3 aromatic carbocycles. The molecule has 0 aliphatic carbocycles. The first kappa shape index (κ1) is 22.0. The number of unbranched alkanes of at least 4 members (excludes halogenated alkanes) is 1. The standard InChI is InChI=1S/C27H28FNO3/c28-22-13-10-19(11-14-22)6-4-5-7-21-17-26(32)29(23-8-2-1-3-9-23)27(21)24-15-12-20(18-30)16-25(24)31/h1-3,8-16,21,27,30-31H,4-7,17-18H2/t21-,27-/m0/s1. The number of amides is 1. The number of aryl methyl sites for hydroxylation is 1. The molecule has 0 radical (unpaired) electrons. The van der Waals surface area contributed by atoms with Gasteiger partial charge in [0.15, 0.2) is 0 Å². The Labute approximate surface area is 187 Å². The summed E-state index contributed by atoms with van der Waals surface area (Å²) >= 11 is 0. The van der Waals surface area contributed by atoms with Crippen molar-refractivity contribution in [2.75, 3.05) is 4.90 Å². The lowest BCUT2D eigenvalue weighted by atomic mass is 9.88. The average molecular weight is 434 g/mol. The Bertz CT molecular complexity index is 1050. The minimum absolute atomic E-state index is 0.0513. The molecule has 1 aliphatic heterocycles. The van der Waals surface area contributed by atoms with Crippen LogP contribution >= 0.6 is 0 Å². The lowest BCUT2D eigenvalue weighted by molar-refractivity contribution is -0.117. The molecule has 0 bridgehead atoms. The molecule has 1 saturated heterocycles. The highest BCUT2D eigenvalue weighted by atomic mass is 19.1. The number of carbonyl (C=O) groups excluding carboxylic acids is 1. The maximum absolute atomic E-state index is 13.1. The molecule has 1 heterocycles. The molecule has 1 amide bonds. The van der Waals surface area contributed by atoms with Crippen LogP contribution in [0.1, 0.15) is 48.4 Å². The molecule has 2 N–H and O–H groups in total. The van der Waals surface area contributed by atoms with E-state index in [9.17, 15) is 19.4 Å². The van der Waals surface area contributed by atoms with Crippen molar-refractivity contribution < 1.29 is 19.4 Å². The zero-order chi connectivity index (χ0) is 22.5. The minimum atomic E-state index is -0.261. The van der Waals surface area contributed by atoms with E-state index in [-0.39, 0.29) is 36.0 Å². The van der Waals surface area contributed by atoms with E-state index in [0.717, 1.165) is 36.9 Å². The smallest absolute Gasteiger partial charge is 0.227 e. The second kappa shape index (κ2) is 9.96. The fourth-order valence-electron chi connectivity index (χ4n) is 4.67. The van der Waals surface area contributed by atoms with E-state index in [2.05, 4.69) is 0 Å². The summed E-state index contributed by atoms with van der Waals surface area (Å²) < 4.78 is 13.1. The molecule has 0 saturated carbocycles. The Morgan fingerprint density at radius 3 is 2.34 bits per heavy atom. The summed E-state index contributed by atoms with van der Waals surface area (Å²) in [4.78, 5) is 14.9. The van der Waals surface area contributed by atoms with Crippen LogP contribution in [0.4, 0.5) is 10.1 Å². The van der Waals surface area contributed by atoms with Crippen molar-refractivity contribution in [1.82, 2.24) is 0 Å². The van der Waals surface area contributed by atoms with Gasteiger partial charge in [0.2, 0.25) is 5.91 Å². The van der Waals surface area contributed by atoms with Crippen LogP contribution in [0.25, 0.3) is 0 Å². The summed E-state index contributed by atoms with van der Waals surface area (Å²) in [5.41, 5.74) is 3.27. The number of anilines is 1. The first-order valence-corrected chi connectivity index (χ1v) is 11.1. The summed E-state index contributed by atoms with van der Waals surface area (Å²) in [6.45, 7) is -0.146. The number of rotatable bonds is 8. The highest BCUT2D eigenvalue weighted by molar-refractivity contribution is 5.97. The van der Waals surface area contributed by atoms with E-state index in [0.29, 0.717) is 17.5 Å². The Morgan fingerprint density at radius 1 is 0.938 bits per heavy atom. The first-order valence-electron chi connectivity index (χ1n) is 11.1. The third kappa shape index (κ3) is 4.83. The molecule has 3 aromatic rings. The van der Waals surface area contributed by atoms with E-state index < -0.39 is 0 Å². The zero-order valence-electron chi connectivity index (χ0n) is 18.0. The van der Waals surface area contributed by atoms with E-state index in [4.69, 9.17) is 0 Å². The number of para-hydroxylation sites is 1. The van der Waals surface area contributed by atoms with Crippen molar-refractivity contribution in [3.63, 3.8) is 0 Å². The van der Waals surface area contributed by atoms with Gasteiger partial charge in [0.05, 0.1) is 12.6 Å². The molecule has 1 fully saturated rings. The number of benzene rings is 3. The molecule has 0 aromatic heterocycles. The summed E-state index contributed by atoms with van der Waals surface area (Å²) in [7, 11) is 0. The van der Waals surface area contributed by atoms with Gasteiger partial charge < -0.3 is 15.1 Å². The summed E-state index contributed by atoms with van der Waals surface area (Å²) in [5.74, 6) is -0.000231.